The average Bonchev–Trinajstić information content (AvgIpc) is 3.01. The van der Waals surface area contributed by atoms with Gasteiger partial charge in [0.15, 0.2) is 5.78 Å². The number of carbonyl (C=O) groups is 1. The third-order valence-corrected chi connectivity index (χ3v) is 4.46. The van der Waals surface area contributed by atoms with Crippen LogP contribution >= 0.6 is 0 Å². The predicted octanol–water partition coefficient (Wildman–Crippen LogP) is 5.03. The molecule has 0 aliphatic rings. The molecule has 1 heterocycles. The highest BCUT2D eigenvalue weighted by molar-refractivity contribution is 6.04. The zero-order valence-corrected chi connectivity index (χ0v) is 14.1. The van der Waals surface area contributed by atoms with E-state index in [-0.39, 0.29) is 5.78 Å². The molecule has 0 amide bonds. The number of fused-ring (bicyclic) bond motifs is 1. The van der Waals surface area contributed by atoms with Gasteiger partial charge < -0.3 is 10.4 Å². The lowest BCUT2D eigenvalue weighted by atomic mass is 9.73. The van der Waals surface area contributed by atoms with Crippen LogP contribution in [0.2, 0.25) is 0 Å². The zero-order valence-electron chi connectivity index (χ0n) is 14.1. The summed E-state index contributed by atoms with van der Waals surface area (Å²) < 4.78 is 0. The fourth-order valence-electron chi connectivity index (χ4n) is 3.40. The molecule has 2 N–H and O–H groups in total. The lowest BCUT2D eigenvalue weighted by Gasteiger charge is -2.28. The number of H-pyrrole nitrogens is 1. The van der Waals surface area contributed by atoms with Crippen LogP contribution in [0.4, 0.5) is 0 Å². The molecule has 0 saturated carbocycles. The van der Waals surface area contributed by atoms with Crippen LogP contribution in [-0.2, 0) is 6.42 Å². The molecule has 1 aromatic heterocycles. The normalized spacial score (nSPS) is 13.6. The number of aromatic nitrogens is 1. The van der Waals surface area contributed by atoms with E-state index in [1.807, 2.05) is 67.7 Å². The first-order valence-corrected chi connectivity index (χ1v) is 8.18. The Morgan fingerprint density at radius 1 is 1.12 bits per heavy atom. The van der Waals surface area contributed by atoms with E-state index in [2.05, 4.69) is 4.98 Å². The van der Waals surface area contributed by atoms with E-state index in [1.54, 1.807) is 6.92 Å². The Kier molecular flexibility index (Phi) is 4.34. The lowest BCUT2D eigenvalue weighted by Crippen LogP contribution is -2.32. The molecule has 3 rings (SSSR count). The molecule has 0 radical (unpaired) electrons. The van der Waals surface area contributed by atoms with Crippen molar-refractivity contribution in [1.82, 2.24) is 4.98 Å². The molecule has 3 nitrogen and oxygen atoms in total. The molecule has 122 valence electrons. The summed E-state index contributed by atoms with van der Waals surface area (Å²) in [5, 5.41) is 8.96. The molecular formula is C21H22N2O. The van der Waals surface area contributed by atoms with Gasteiger partial charge in [-0.1, -0.05) is 37.3 Å². The molecule has 1 atom stereocenters. The Bertz CT molecular complexity index is 879. The van der Waals surface area contributed by atoms with Crippen LogP contribution in [-0.4, -0.2) is 16.5 Å². The fraction of sp³-hybridized carbons (Fsp3) is 0.238. The summed E-state index contributed by atoms with van der Waals surface area (Å²) in [5.41, 5.74) is 2.78. The van der Waals surface area contributed by atoms with Gasteiger partial charge in [-0.2, -0.15) is 0 Å². The van der Waals surface area contributed by atoms with E-state index in [0.717, 1.165) is 16.5 Å². The Balaban J connectivity index is 1.97. The first-order chi connectivity index (χ1) is 11.5. The second kappa shape index (κ2) is 6.44. The first kappa shape index (κ1) is 16.2. The van der Waals surface area contributed by atoms with Gasteiger partial charge in [0.05, 0.1) is 0 Å². The van der Waals surface area contributed by atoms with Crippen molar-refractivity contribution in [2.45, 2.75) is 26.7 Å². The van der Waals surface area contributed by atoms with Crippen molar-refractivity contribution in [3.05, 3.63) is 71.9 Å². The van der Waals surface area contributed by atoms with E-state index in [4.69, 9.17) is 5.41 Å². The highest BCUT2D eigenvalue weighted by Gasteiger charge is 2.34. The number of hydrogen-bond donors (Lipinski definition) is 2. The summed E-state index contributed by atoms with van der Waals surface area (Å²) in [6.07, 6.45) is 2.98. The number of hydrogen-bond acceptors (Lipinski definition) is 2. The molecule has 0 bridgehead atoms. The third-order valence-electron chi connectivity index (χ3n) is 4.46. The number of Topliss-reactive ketones (excluding diaryl/α,β-unsaturated/α-hetero) is 1. The zero-order chi connectivity index (χ0) is 17.2. The molecule has 0 saturated heterocycles. The highest BCUT2D eigenvalue weighted by atomic mass is 16.1. The Labute approximate surface area is 142 Å². The standard InChI is InChI=1S/C21H22N2O/c1-15(22)13-21(2,14-16-6-4-3-5-7-16)20(24)18-8-9-19-17(12-18)10-11-23-19/h3-12,22-23H,13-14H2,1-2H3. The molecule has 2 aromatic carbocycles. The predicted molar refractivity (Wildman–Crippen MR) is 98.9 cm³/mol. The summed E-state index contributed by atoms with van der Waals surface area (Å²) in [4.78, 5) is 16.4. The minimum atomic E-state index is -0.614. The van der Waals surface area contributed by atoms with Gasteiger partial charge in [-0.3, -0.25) is 4.79 Å². The SMILES string of the molecule is CC(=N)CC(C)(Cc1ccccc1)C(=O)c1ccc2[nH]ccc2c1. The van der Waals surface area contributed by atoms with Gasteiger partial charge in [0.25, 0.3) is 0 Å². The molecule has 3 aromatic rings. The smallest absolute Gasteiger partial charge is 0.169 e. The first-order valence-electron chi connectivity index (χ1n) is 8.18. The van der Waals surface area contributed by atoms with Crippen LogP contribution in [0.25, 0.3) is 10.9 Å². The second-order valence-electron chi connectivity index (χ2n) is 6.79. The van der Waals surface area contributed by atoms with E-state index >= 15 is 0 Å². The average molecular weight is 318 g/mol. The fourth-order valence-corrected chi connectivity index (χ4v) is 3.40. The minimum absolute atomic E-state index is 0.0982. The monoisotopic (exact) mass is 318 g/mol. The van der Waals surface area contributed by atoms with E-state index < -0.39 is 5.41 Å². The third kappa shape index (κ3) is 3.30. The summed E-state index contributed by atoms with van der Waals surface area (Å²) in [6.45, 7) is 3.74. The maximum atomic E-state index is 13.3. The van der Waals surface area contributed by atoms with Crippen LogP contribution in [0.15, 0.2) is 60.8 Å². The molecule has 3 heteroatoms. The summed E-state index contributed by atoms with van der Waals surface area (Å²) in [7, 11) is 0. The topological polar surface area (TPSA) is 56.7 Å². The largest absolute Gasteiger partial charge is 0.361 e. The van der Waals surface area contributed by atoms with Crippen molar-refractivity contribution < 1.29 is 4.79 Å². The number of rotatable bonds is 6. The molecular weight excluding hydrogens is 296 g/mol. The maximum Gasteiger partial charge on any atom is 0.169 e. The van der Waals surface area contributed by atoms with Gasteiger partial charge in [0, 0.05) is 33.8 Å². The lowest BCUT2D eigenvalue weighted by molar-refractivity contribution is 0.0823. The van der Waals surface area contributed by atoms with Crippen LogP contribution in [0.3, 0.4) is 0 Å². The van der Waals surface area contributed by atoms with Gasteiger partial charge in [0.2, 0.25) is 0 Å². The van der Waals surface area contributed by atoms with Gasteiger partial charge in [-0.15, -0.1) is 0 Å². The van der Waals surface area contributed by atoms with E-state index in [1.165, 1.54) is 0 Å². The van der Waals surface area contributed by atoms with Gasteiger partial charge in [-0.25, -0.2) is 0 Å². The Morgan fingerprint density at radius 3 is 2.58 bits per heavy atom. The quantitative estimate of drug-likeness (QED) is 0.486. The van der Waals surface area contributed by atoms with E-state index in [9.17, 15) is 4.79 Å². The summed E-state index contributed by atoms with van der Waals surface area (Å²) >= 11 is 0. The van der Waals surface area contributed by atoms with Crippen molar-refractivity contribution in [3.8, 4) is 0 Å². The van der Waals surface area contributed by atoms with Crippen LogP contribution in [0.5, 0.6) is 0 Å². The number of aromatic amines is 1. The van der Waals surface area contributed by atoms with Crippen molar-refractivity contribution in [1.29, 1.82) is 5.41 Å². The Morgan fingerprint density at radius 2 is 1.88 bits per heavy atom. The number of ketones is 1. The van der Waals surface area contributed by atoms with E-state index in [0.29, 0.717) is 24.1 Å². The number of nitrogens with one attached hydrogen (secondary N) is 2. The number of benzene rings is 2. The van der Waals surface area contributed by atoms with Gasteiger partial charge in [0.1, 0.15) is 0 Å². The highest BCUT2D eigenvalue weighted by Crippen LogP contribution is 2.32. The van der Waals surface area contributed by atoms with Crippen LogP contribution < -0.4 is 0 Å². The van der Waals surface area contributed by atoms with Gasteiger partial charge >= 0.3 is 0 Å². The molecule has 24 heavy (non-hydrogen) atoms. The Hall–Kier alpha value is -2.68. The molecule has 0 aliphatic carbocycles. The van der Waals surface area contributed by atoms with Crippen LogP contribution in [0, 0.1) is 10.8 Å². The van der Waals surface area contributed by atoms with Crippen molar-refractivity contribution in [3.63, 3.8) is 0 Å². The maximum absolute atomic E-state index is 13.3. The molecule has 0 spiro atoms. The number of carbonyl (C=O) groups excluding carboxylic acids is 1. The van der Waals surface area contributed by atoms with Crippen LogP contribution in [0.1, 0.15) is 36.2 Å². The minimum Gasteiger partial charge on any atom is -0.361 e. The molecule has 1 unspecified atom stereocenters. The molecule has 0 aliphatic heterocycles. The van der Waals surface area contributed by atoms with Gasteiger partial charge in [-0.05, 0) is 49.6 Å². The van der Waals surface area contributed by atoms with Crippen molar-refractivity contribution >= 4 is 22.4 Å². The van der Waals surface area contributed by atoms with Crippen molar-refractivity contribution in [2.24, 2.45) is 5.41 Å². The summed E-state index contributed by atoms with van der Waals surface area (Å²) in [6, 6.07) is 17.8. The summed E-state index contributed by atoms with van der Waals surface area (Å²) in [5.74, 6) is 0.0982. The molecule has 0 fully saturated rings. The van der Waals surface area contributed by atoms with Crippen molar-refractivity contribution in [2.75, 3.05) is 0 Å². The second-order valence-corrected chi connectivity index (χ2v) is 6.79.